The normalized spacial score (nSPS) is 20.5. The molecule has 11 nitrogen and oxygen atoms in total. The summed E-state index contributed by atoms with van der Waals surface area (Å²) < 4.78 is 33.8. The van der Waals surface area contributed by atoms with E-state index in [2.05, 4.69) is 27.7 Å². The maximum atomic E-state index is 13.5. The lowest BCUT2D eigenvalue weighted by molar-refractivity contribution is 0.0722. The molecule has 1 unspecified atom stereocenters. The summed E-state index contributed by atoms with van der Waals surface area (Å²) in [4.78, 5) is 18.0. The SMILES string of the molecule is C#Cc1ccc2[nH]c(S(=O)(=O)N3CCN(C(=O)N4CCC5=C(N4)OCN5)C(CCC#N)C3)cc2c1. The highest BCUT2D eigenvalue weighted by atomic mass is 32.2. The van der Waals surface area contributed by atoms with E-state index < -0.39 is 16.1 Å². The largest absolute Gasteiger partial charge is 0.456 e. The van der Waals surface area contributed by atoms with Crippen LogP contribution in [0.3, 0.4) is 0 Å². The van der Waals surface area contributed by atoms with Crippen molar-refractivity contribution >= 4 is 27.0 Å². The van der Waals surface area contributed by atoms with Gasteiger partial charge in [0.2, 0.25) is 5.88 Å². The quantitative estimate of drug-likeness (QED) is 0.543. The van der Waals surface area contributed by atoms with Crippen molar-refractivity contribution in [3.8, 4) is 18.4 Å². The van der Waals surface area contributed by atoms with Crippen molar-refractivity contribution in [2.75, 3.05) is 32.9 Å². The van der Waals surface area contributed by atoms with Crippen LogP contribution in [-0.4, -0.2) is 72.6 Å². The molecule has 0 spiro atoms. The highest BCUT2D eigenvalue weighted by Gasteiger charge is 2.39. The number of aromatic nitrogens is 1. The Labute approximate surface area is 203 Å². The molecular weight excluding hydrogens is 470 g/mol. The maximum absolute atomic E-state index is 13.5. The molecule has 182 valence electrons. The van der Waals surface area contributed by atoms with Gasteiger partial charge in [0.25, 0.3) is 10.0 Å². The molecule has 0 radical (unpaired) electrons. The van der Waals surface area contributed by atoms with Crippen molar-refractivity contribution in [3.63, 3.8) is 0 Å². The third-order valence-electron chi connectivity index (χ3n) is 6.49. The van der Waals surface area contributed by atoms with Crippen LogP contribution in [0.1, 0.15) is 24.8 Å². The molecule has 0 saturated carbocycles. The van der Waals surface area contributed by atoms with Crippen molar-refractivity contribution in [1.82, 2.24) is 29.9 Å². The number of carbonyl (C=O) groups excluding carboxylic acids is 1. The number of hydrogen-bond acceptors (Lipinski definition) is 7. The number of amides is 2. The number of rotatable bonds is 4. The van der Waals surface area contributed by atoms with Gasteiger partial charge in [-0.2, -0.15) is 9.57 Å². The number of benzene rings is 1. The smallest absolute Gasteiger partial charge is 0.339 e. The van der Waals surface area contributed by atoms with Gasteiger partial charge in [-0.25, -0.2) is 18.2 Å². The molecule has 1 saturated heterocycles. The number of hydrogen-bond donors (Lipinski definition) is 3. The van der Waals surface area contributed by atoms with Gasteiger partial charge in [0.15, 0.2) is 6.73 Å². The van der Waals surface area contributed by atoms with Crippen LogP contribution in [0.5, 0.6) is 0 Å². The molecule has 1 aromatic heterocycles. The molecule has 1 aromatic carbocycles. The van der Waals surface area contributed by atoms with Crippen LogP contribution in [-0.2, 0) is 14.8 Å². The number of carbonyl (C=O) groups is 1. The Balaban J connectivity index is 1.35. The van der Waals surface area contributed by atoms with Crippen LogP contribution in [0.4, 0.5) is 4.79 Å². The maximum Gasteiger partial charge on any atom is 0.339 e. The van der Waals surface area contributed by atoms with E-state index in [1.54, 1.807) is 29.2 Å². The van der Waals surface area contributed by atoms with E-state index in [1.165, 1.54) is 9.31 Å². The third kappa shape index (κ3) is 4.22. The molecule has 1 fully saturated rings. The number of ether oxygens (including phenoxy) is 1. The van der Waals surface area contributed by atoms with Crippen molar-refractivity contribution in [1.29, 1.82) is 5.26 Å². The minimum atomic E-state index is -3.85. The minimum absolute atomic E-state index is 0.0727. The third-order valence-corrected chi connectivity index (χ3v) is 8.28. The van der Waals surface area contributed by atoms with Gasteiger partial charge in [0.05, 0.1) is 11.8 Å². The van der Waals surface area contributed by atoms with Gasteiger partial charge in [-0.15, -0.1) is 6.42 Å². The van der Waals surface area contributed by atoms with E-state index >= 15 is 0 Å². The molecule has 2 aromatic rings. The average Bonchev–Trinajstić information content (AvgIpc) is 3.53. The van der Waals surface area contributed by atoms with Gasteiger partial charge < -0.3 is 19.9 Å². The zero-order chi connectivity index (χ0) is 24.6. The summed E-state index contributed by atoms with van der Waals surface area (Å²) in [5, 5.41) is 14.5. The number of nitrogens with zero attached hydrogens (tertiary/aromatic N) is 4. The fourth-order valence-corrected chi connectivity index (χ4v) is 6.10. The predicted octanol–water partition coefficient (Wildman–Crippen LogP) is 1.20. The Bertz CT molecular complexity index is 1380. The van der Waals surface area contributed by atoms with E-state index in [-0.39, 0.29) is 37.1 Å². The number of sulfonamides is 1. The molecule has 5 rings (SSSR count). The second-order valence-electron chi connectivity index (χ2n) is 8.56. The molecule has 4 heterocycles. The summed E-state index contributed by atoms with van der Waals surface area (Å²) in [6, 6.07) is 8.23. The second kappa shape index (κ2) is 9.06. The number of urea groups is 1. The summed E-state index contributed by atoms with van der Waals surface area (Å²) in [5.41, 5.74) is 5.27. The Morgan fingerprint density at radius 3 is 2.91 bits per heavy atom. The highest BCUT2D eigenvalue weighted by molar-refractivity contribution is 7.89. The first-order chi connectivity index (χ1) is 16.9. The standard InChI is InChI=1S/C23H25N7O4S/c1-2-16-5-6-19-17(12-16)13-21(26-19)35(32,33)28-10-11-29(18(14-28)4-3-8-24)23(31)30-9-7-20-22(27-30)34-15-25-20/h1,5-6,12-13,18,25-27H,3-4,7,9-11,14-15H2. The fourth-order valence-electron chi connectivity index (χ4n) is 4.61. The second-order valence-corrected chi connectivity index (χ2v) is 10.5. The number of fused-ring (bicyclic) bond motifs is 1. The minimum Gasteiger partial charge on any atom is -0.456 e. The van der Waals surface area contributed by atoms with Crippen molar-refractivity contribution in [3.05, 3.63) is 41.4 Å². The van der Waals surface area contributed by atoms with Crippen LogP contribution < -0.4 is 10.7 Å². The van der Waals surface area contributed by atoms with Crippen molar-refractivity contribution in [2.45, 2.75) is 30.3 Å². The Morgan fingerprint density at radius 1 is 1.26 bits per heavy atom. The van der Waals surface area contributed by atoms with E-state index in [9.17, 15) is 13.2 Å². The zero-order valence-electron chi connectivity index (χ0n) is 19.0. The molecular formula is C23H25N7O4S. The van der Waals surface area contributed by atoms with E-state index in [0.29, 0.717) is 48.5 Å². The first-order valence-corrected chi connectivity index (χ1v) is 12.8. The van der Waals surface area contributed by atoms with Gasteiger partial charge in [0.1, 0.15) is 5.03 Å². The van der Waals surface area contributed by atoms with Crippen LogP contribution in [0, 0.1) is 23.7 Å². The summed E-state index contributed by atoms with van der Waals surface area (Å²) in [5.74, 6) is 3.08. The van der Waals surface area contributed by atoms with Gasteiger partial charge in [0, 0.05) is 61.5 Å². The number of terminal acetylenes is 1. The average molecular weight is 496 g/mol. The molecule has 3 aliphatic rings. The molecule has 1 atom stereocenters. The van der Waals surface area contributed by atoms with Crippen molar-refractivity contribution < 1.29 is 17.9 Å². The molecule has 3 N–H and O–H groups in total. The van der Waals surface area contributed by atoms with Crippen LogP contribution in [0.15, 0.2) is 40.9 Å². The van der Waals surface area contributed by atoms with Crippen LogP contribution in [0.2, 0.25) is 0 Å². The lowest BCUT2D eigenvalue weighted by Crippen LogP contribution is -2.61. The summed E-state index contributed by atoms with van der Waals surface area (Å²) in [6.07, 6.45) is 6.67. The first kappa shape index (κ1) is 22.9. The van der Waals surface area contributed by atoms with Gasteiger partial charge in [-0.1, -0.05) is 5.92 Å². The molecule has 2 amide bonds. The summed E-state index contributed by atoms with van der Waals surface area (Å²) >= 11 is 0. The molecule has 0 aliphatic carbocycles. The van der Waals surface area contributed by atoms with E-state index in [1.807, 2.05) is 0 Å². The monoisotopic (exact) mass is 495 g/mol. The van der Waals surface area contributed by atoms with E-state index in [4.69, 9.17) is 16.4 Å². The fraction of sp³-hybridized carbons (Fsp3) is 0.391. The van der Waals surface area contributed by atoms with Gasteiger partial charge in [-0.05, 0) is 30.7 Å². The number of nitriles is 1. The lowest BCUT2D eigenvalue weighted by Gasteiger charge is -2.43. The number of H-pyrrole nitrogens is 1. The molecule has 35 heavy (non-hydrogen) atoms. The number of nitrogens with one attached hydrogen (secondary N) is 3. The lowest BCUT2D eigenvalue weighted by atomic mass is 10.1. The Kier molecular flexibility index (Phi) is 5.93. The predicted molar refractivity (Wildman–Crippen MR) is 126 cm³/mol. The number of hydrazine groups is 1. The number of aromatic amines is 1. The zero-order valence-corrected chi connectivity index (χ0v) is 19.8. The topological polar surface area (TPSA) is 134 Å². The first-order valence-electron chi connectivity index (χ1n) is 11.3. The summed E-state index contributed by atoms with van der Waals surface area (Å²) in [6.45, 7) is 1.26. The van der Waals surface area contributed by atoms with Crippen molar-refractivity contribution in [2.24, 2.45) is 0 Å². The molecule has 3 aliphatic heterocycles. The molecule has 0 bridgehead atoms. The highest BCUT2D eigenvalue weighted by Crippen LogP contribution is 2.27. The van der Waals surface area contributed by atoms with E-state index in [0.717, 1.165) is 5.70 Å². The Morgan fingerprint density at radius 2 is 2.11 bits per heavy atom. The number of piperazine rings is 1. The van der Waals surface area contributed by atoms with Crippen LogP contribution in [0.25, 0.3) is 10.9 Å². The Hall–Kier alpha value is -3.87. The van der Waals surface area contributed by atoms with Gasteiger partial charge in [-0.3, -0.25) is 5.43 Å². The summed E-state index contributed by atoms with van der Waals surface area (Å²) in [7, 11) is -3.85. The van der Waals surface area contributed by atoms with Crippen LogP contribution >= 0.6 is 0 Å². The van der Waals surface area contributed by atoms with Gasteiger partial charge >= 0.3 is 6.03 Å². The molecule has 12 heteroatoms.